The molecule has 5 nitrogen and oxygen atoms in total. The first-order valence-electron chi connectivity index (χ1n) is 8.22. The minimum Gasteiger partial charge on any atom is -0.466 e. The van der Waals surface area contributed by atoms with E-state index in [1.165, 1.54) is 19.2 Å². The maximum Gasteiger partial charge on any atom is 0.336 e. The molecule has 0 bridgehead atoms. The normalized spacial score (nSPS) is 11.4. The summed E-state index contributed by atoms with van der Waals surface area (Å²) >= 11 is 0. The van der Waals surface area contributed by atoms with Gasteiger partial charge in [0.05, 0.1) is 7.11 Å². The molecule has 2 aromatic carbocycles. The summed E-state index contributed by atoms with van der Waals surface area (Å²) in [4.78, 5) is 17.1. The van der Waals surface area contributed by atoms with Gasteiger partial charge >= 0.3 is 6.01 Å². The minimum atomic E-state index is -0.419. The maximum atomic E-state index is 13.6. The number of hydrogen-bond donors (Lipinski definition) is 0. The van der Waals surface area contributed by atoms with Gasteiger partial charge < -0.3 is 4.74 Å². The van der Waals surface area contributed by atoms with Crippen LogP contribution in [0.4, 0.5) is 4.39 Å². The highest BCUT2D eigenvalue weighted by atomic mass is 19.1. The predicted molar refractivity (Wildman–Crippen MR) is 96.8 cm³/mol. The molecule has 0 atom stereocenters. The first-order chi connectivity index (χ1) is 12.3. The lowest BCUT2D eigenvalue weighted by Crippen LogP contribution is -2.16. The third-order valence-corrected chi connectivity index (χ3v) is 4.04. The highest BCUT2D eigenvalue weighted by molar-refractivity contribution is 5.97. The fourth-order valence-corrected chi connectivity index (χ4v) is 2.57. The van der Waals surface area contributed by atoms with Crippen LogP contribution in [0.25, 0.3) is 11.4 Å². The van der Waals surface area contributed by atoms with Crippen molar-refractivity contribution in [1.82, 2.24) is 14.8 Å². The molecule has 134 valence electrons. The maximum absolute atomic E-state index is 13.6. The standard InChI is InChI=1S/C20H20FN3O2/c1-20(2,3)15-10-8-13(9-11-15)18(25)24-17(22-19(23-24)26-4)14-6-5-7-16(21)12-14/h5-12H,1-4H3. The third-order valence-electron chi connectivity index (χ3n) is 4.04. The molecule has 0 radical (unpaired) electrons. The average Bonchev–Trinajstić information content (AvgIpc) is 3.05. The number of nitrogens with zero attached hydrogens (tertiary/aromatic N) is 3. The summed E-state index contributed by atoms with van der Waals surface area (Å²) in [7, 11) is 1.41. The molecule has 0 N–H and O–H groups in total. The van der Waals surface area contributed by atoms with Gasteiger partial charge in [0, 0.05) is 11.1 Å². The number of halogens is 1. The van der Waals surface area contributed by atoms with Crippen molar-refractivity contribution in [1.29, 1.82) is 0 Å². The summed E-state index contributed by atoms with van der Waals surface area (Å²) in [6.07, 6.45) is 0. The summed E-state index contributed by atoms with van der Waals surface area (Å²) in [5.74, 6) is -0.551. The Hall–Kier alpha value is -3.02. The number of hydrogen-bond acceptors (Lipinski definition) is 4. The monoisotopic (exact) mass is 353 g/mol. The topological polar surface area (TPSA) is 57.0 Å². The smallest absolute Gasteiger partial charge is 0.336 e. The Morgan fingerprint density at radius 3 is 2.38 bits per heavy atom. The van der Waals surface area contributed by atoms with Crippen molar-refractivity contribution in [2.75, 3.05) is 7.11 Å². The molecule has 0 fully saturated rings. The fraction of sp³-hybridized carbons (Fsp3) is 0.250. The molecule has 0 saturated carbocycles. The summed E-state index contributed by atoms with van der Waals surface area (Å²) < 4.78 is 19.8. The van der Waals surface area contributed by atoms with Crippen LogP contribution < -0.4 is 4.74 Å². The van der Waals surface area contributed by atoms with Crippen molar-refractivity contribution < 1.29 is 13.9 Å². The molecule has 0 saturated heterocycles. The summed E-state index contributed by atoms with van der Waals surface area (Å²) in [6, 6.07) is 13.2. The van der Waals surface area contributed by atoms with Gasteiger partial charge in [0.2, 0.25) is 0 Å². The lowest BCUT2D eigenvalue weighted by molar-refractivity contribution is 0.0945. The van der Waals surface area contributed by atoms with Gasteiger partial charge in [0.1, 0.15) is 5.82 Å². The van der Waals surface area contributed by atoms with Crippen LogP contribution in [0.3, 0.4) is 0 Å². The van der Waals surface area contributed by atoms with Gasteiger partial charge in [-0.05, 0) is 35.2 Å². The quantitative estimate of drug-likeness (QED) is 0.712. The summed E-state index contributed by atoms with van der Waals surface area (Å²) in [6.45, 7) is 6.32. The number of ether oxygens (including phenoxy) is 1. The van der Waals surface area contributed by atoms with Gasteiger partial charge in [0.25, 0.3) is 5.91 Å². The van der Waals surface area contributed by atoms with E-state index in [4.69, 9.17) is 4.74 Å². The van der Waals surface area contributed by atoms with Crippen molar-refractivity contribution in [3.63, 3.8) is 0 Å². The SMILES string of the molecule is COc1nc(-c2cccc(F)c2)n(C(=O)c2ccc(C(C)(C)C)cc2)n1. The number of benzene rings is 2. The van der Waals surface area contributed by atoms with E-state index in [2.05, 4.69) is 30.9 Å². The van der Waals surface area contributed by atoms with Gasteiger partial charge in [-0.25, -0.2) is 4.39 Å². The van der Waals surface area contributed by atoms with Crippen molar-refractivity contribution in [3.8, 4) is 17.4 Å². The molecular weight excluding hydrogens is 333 g/mol. The highest BCUT2D eigenvalue weighted by Gasteiger charge is 2.21. The van der Waals surface area contributed by atoms with Crippen molar-refractivity contribution in [3.05, 3.63) is 65.5 Å². The van der Waals surface area contributed by atoms with E-state index in [0.29, 0.717) is 11.1 Å². The van der Waals surface area contributed by atoms with E-state index in [9.17, 15) is 9.18 Å². The van der Waals surface area contributed by atoms with Crippen molar-refractivity contribution in [2.45, 2.75) is 26.2 Å². The zero-order valence-corrected chi connectivity index (χ0v) is 15.2. The zero-order chi connectivity index (χ0) is 18.9. The molecule has 1 heterocycles. The largest absolute Gasteiger partial charge is 0.466 e. The Morgan fingerprint density at radius 2 is 1.81 bits per heavy atom. The number of rotatable bonds is 3. The van der Waals surface area contributed by atoms with Gasteiger partial charge in [-0.3, -0.25) is 4.79 Å². The lowest BCUT2D eigenvalue weighted by Gasteiger charge is -2.19. The predicted octanol–water partition coefficient (Wildman–Crippen LogP) is 4.08. The van der Waals surface area contributed by atoms with E-state index < -0.39 is 5.82 Å². The number of carbonyl (C=O) groups is 1. The Morgan fingerprint density at radius 1 is 1.12 bits per heavy atom. The highest BCUT2D eigenvalue weighted by Crippen LogP contribution is 2.24. The molecular formula is C20H20FN3O2. The second-order valence-corrected chi connectivity index (χ2v) is 6.98. The number of methoxy groups -OCH3 is 1. The van der Waals surface area contributed by atoms with E-state index in [0.717, 1.165) is 10.2 Å². The van der Waals surface area contributed by atoms with Gasteiger partial charge in [-0.15, -0.1) is 5.10 Å². The molecule has 26 heavy (non-hydrogen) atoms. The molecule has 6 heteroatoms. The fourth-order valence-electron chi connectivity index (χ4n) is 2.57. The van der Waals surface area contributed by atoms with Crippen LogP contribution in [-0.4, -0.2) is 27.8 Å². The molecule has 1 aromatic heterocycles. The lowest BCUT2D eigenvalue weighted by atomic mass is 9.87. The third kappa shape index (κ3) is 3.49. The minimum absolute atomic E-state index is 0.00915. The molecule has 0 aliphatic carbocycles. The molecule has 0 amide bonds. The van der Waals surface area contributed by atoms with Crippen LogP contribution >= 0.6 is 0 Å². The Labute approximate surface area is 151 Å². The molecule has 0 aliphatic heterocycles. The zero-order valence-electron chi connectivity index (χ0n) is 15.2. The van der Waals surface area contributed by atoms with Crippen LogP contribution in [0.1, 0.15) is 36.7 Å². The van der Waals surface area contributed by atoms with Crippen LogP contribution in [-0.2, 0) is 5.41 Å². The van der Waals surface area contributed by atoms with Crippen LogP contribution in [0.5, 0.6) is 6.01 Å². The molecule has 0 unspecified atom stereocenters. The second kappa shape index (κ2) is 6.71. The van der Waals surface area contributed by atoms with E-state index >= 15 is 0 Å². The van der Waals surface area contributed by atoms with Gasteiger partial charge in [-0.1, -0.05) is 45.0 Å². The first-order valence-corrected chi connectivity index (χ1v) is 8.22. The second-order valence-electron chi connectivity index (χ2n) is 6.98. The molecule has 0 aliphatic rings. The van der Waals surface area contributed by atoms with Crippen LogP contribution in [0.2, 0.25) is 0 Å². The average molecular weight is 353 g/mol. The van der Waals surface area contributed by atoms with E-state index in [-0.39, 0.29) is 23.2 Å². The first kappa shape index (κ1) is 17.8. The van der Waals surface area contributed by atoms with Crippen molar-refractivity contribution >= 4 is 5.91 Å². The Balaban J connectivity index is 2.03. The van der Waals surface area contributed by atoms with Crippen molar-refractivity contribution in [2.24, 2.45) is 0 Å². The van der Waals surface area contributed by atoms with E-state index in [1.54, 1.807) is 24.3 Å². The number of carbonyl (C=O) groups excluding carboxylic acids is 1. The molecule has 3 rings (SSSR count). The van der Waals surface area contributed by atoms with Gasteiger partial charge in [-0.2, -0.15) is 9.67 Å². The summed E-state index contributed by atoms with van der Waals surface area (Å²) in [5, 5.41) is 4.09. The Bertz CT molecular complexity index is 940. The molecule has 0 spiro atoms. The van der Waals surface area contributed by atoms with E-state index in [1.807, 2.05) is 12.1 Å². The Kier molecular flexibility index (Phi) is 4.59. The summed E-state index contributed by atoms with van der Waals surface area (Å²) in [5.41, 5.74) is 2.02. The van der Waals surface area contributed by atoms with Crippen LogP contribution in [0.15, 0.2) is 48.5 Å². The number of aromatic nitrogens is 3. The molecule has 3 aromatic rings. The van der Waals surface area contributed by atoms with Gasteiger partial charge in [0.15, 0.2) is 5.82 Å². The van der Waals surface area contributed by atoms with Crippen LogP contribution in [0, 0.1) is 5.82 Å².